The predicted molar refractivity (Wildman–Crippen MR) is 74.4 cm³/mol. The van der Waals surface area contributed by atoms with E-state index < -0.39 is 11.8 Å². The number of nitrogens with two attached hydrogens (primary N) is 2. The predicted octanol–water partition coefficient (Wildman–Crippen LogP) is 0.869. The van der Waals surface area contributed by atoms with E-state index in [-0.39, 0.29) is 6.61 Å². The molecule has 21 heavy (non-hydrogen) atoms. The summed E-state index contributed by atoms with van der Waals surface area (Å²) in [6.07, 6.45) is 0. The summed E-state index contributed by atoms with van der Waals surface area (Å²) in [5, 5.41) is 0. The van der Waals surface area contributed by atoms with Gasteiger partial charge in [-0.15, -0.1) is 0 Å². The summed E-state index contributed by atoms with van der Waals surface area (Å²) in [7, 11) is 0. The summed E-state index contributed by atoms with van der Waals surface area (Å²) < 4.78 is 10.9. The Bertz CT molecular complexity index is 679. The van der Waals surface area contributed by atoms with E-state index in [9.17, 15) is 9.59 Å². The quantitative estimate of drug-likeness (QED) is 0.428. The fourth-order valence-corrected chi connectivity index (χ4v) is 1.81. The van der Waals surface area contributed by atoms with Crippen LogP contribution in [-0.4, -0.2) is 11.8 Å². The third kappa shape index (κ3) is 3.40. The Balaban J connectivity index is 2.08. The Morgan fingerprint density at radius 1 is 1.33 bits per heavy atom. The van der Waals surface area contributed by atoms with Gasteiger partial charge in [0, 0.05) is 5.56 Å². The number of benzene rings is 1. The molecule has 0 aliphatic carbocycles. The number of furan rings is 1. The van der Waals surface area contributed by atoms with E-state index in [0.717, 1.165) is 0 Å². The highest BCUT2D eigenvalue weighted by Crippen LogP contribution is 2.18. The van der Waals surface area contributed by atoms with Crippen LogP contribution in [0.5, 0.6) is 5.75 Å². The molecule has 1 heterocycles. The first kappa shape index (κ1) is 14.6. The molecule has 0 aliphatic rings. The third-order valence-electron chi connectivity index (χ3n) is 2.84. The van der Waals surface area contributed by atoms with Gasteiger partial charge in [-0.05, 0) is 31.2 Å². The number of aryl methyl sites for hydroxylation is 1. The summed E-state index contributed by atoms with van der Waals surface area (Å²) in [6, 6.07) is 8.03. The molecular formula is C14H15N3O4. The Morgan fingerprint density at radius 3 is 2.76 bits per heavy atom. The number of hydrogen-bond donors (Lipinski definition) is 3. The van der Waals surface area contributed by atoms with Crippen LogP contribution >= 0.6 is 0 Å². The first-order chi connectivity index (χ1) is 10.0. The number of nitrogen functional groups attached to an aromatic ring is 1. The van der Waals surface area contributed by atoms with E-state index in [4.69, 9.17) is 20.7 Å². The second-order valence-electron chi connectivity index (χ2n) is 4.34. The van der Waals surface area contributed by atoms with Crippen LogP contribution in [-0.2, 0) is 6.61 Å². The van der Waals surface area contributed by atoms with Crippen molar-refractivity contribution < 1.29 is 18.7 Å². The number of hydrogen-bond acceptors (Lipinski definition) is 5. The maximum Gasteiger partial charge on any atom is 0.268 e. The molecule has 5 N–H and O–H groups in total. The first-order valence-electron chi connectivity index (χ1n) is 6.14. The highest BCUT2D eigenvalue weighted by atomic mass is 16.5. The van der Waals surface area contributed by atoms with Gasteiger partial charge in [0.2, 0.25) is 5.91 Å². The molecule has 0 aliphatic heterocycles. The van der Waals surface area contributed by atoms with Gasteiger partial charge in [0.05, 0.1) is 5.56 Å². The van der Waals surface area contributed by atoms with E-state index in [0.29, 0.717) is 28.4 Å². The van der Waals surface area contributed by atoms with Crippen LogP contribution in [0.25, 0.3) is 0 Å². The molecule has 2 aromatic rings. The van der Waals surface area contributed by atoms with Crippen molar-refractivity contribution in [3.05, 3.63) is 53.0 Å². The highest BCUT2D eigenvalue weighted by Gasteiger charge is 2.14. The maximum atomic E-state index is 11.5. The number of rotatable bonds is 5. The van der Waals surface area contributed by atoms with Crippen molar-refractivity contribution in [1.82, 2.24) is 5.43 Å². The second-order valence-corrected chi connectivity index (χ2v) is 4.34. The fraction of sp³-hybridized carbons (Fsp3) is 0.143. The molecule has 0 saturated heterocycles. The van der Waals surface area contributed by atoms with E-state index in [1.165, 1.54) is 6.07 Å². The van der Waals surface area contributed by atoms with Crippen molar-refractivity contribution in [3.63, 3.8) is 0 Å². The molecule has 0 bridgehead atoms. The van der Waals surface area contributed by atoms with Crippen molar-refractivity contribution in [2.24, 2.45) is 11.6 Å². The average Bonchev–Trinajstić information content (AvgIpc) is 2.85. The zero-order chi connectivity index (χ0) is 15.4. The molecule has 7 heteroatoms. The minimum atomic E-state index is -0.531. The van der Waals surface area contributed by atoms with Crippen LogP contribution in [0.15, 0.2) is 34.7 Å². The summed E-state index contributed by atoms with van der Waals surface area (Å²) >= 11 is 0. The van der Waals surface area contributed by atoms with Gasteiger partial charge in [-0.2, -0.15) is 0 Å². The van der Waals surface area contributed by atoms with Gasteiger partial charge in [0.25, 0.3) is 5.91 Å². The summed E-state index contributed by atoms with van der Waals surface area (Å²) in [5.41, 5.74) is 7.93. The zero-order valence-electron chi connectivity index (χ0n) is 11.4. The van der Waals surface area contributed by atoms with Crippen LogP contribution in [0.2, 0.25) is 0 Å². The van der Waals surface area contributed by atoms with Gasteiger partial charge < -0.3 is 14.9 Å². The Morgan fingerprint density at radius 2 is 2.10 bits per heavy atom. The number of ether oxygens (including phenoxy) is 1. The number of carbonyl (C=O) groups is 2. The average molecular weight is 289 g/mol. The van der Waals surface area contributed by atoms with E-state index >= 15 is 0 Å². The standard InChI is InChI=1S/C14H15N3O4/c1-8-12(14(19)17-16)6-11(21-8)7-20-10-4-2-3-9(5-10)13(15)18/h2-6H,7,16H2,1H3,(H2,15,18)(H,17,19). The highest BCUT2D eigenvalue weighted by molar-refractivity contribution is 5.94. The second kappa shape index (κ2) is 6.10. The Kier molecular flexibility index (Phi) is 4.24. The zero-order valence-corrected chi connectivity index (χ0v) is 11.4. The smallest absolute Gasteiger partial charge is 0.268 e. The van der Waals surface area contributed by atoms with Gasteiger partial charge in [-0.3, -0.25) is 15.0 Å². The minimum Gasteiger partial charge on any atom is -0.486 e. The van der Waals surface area contributed by atoms with Crippen molar-refractivity contribution >= 4 is 11.8 Å². The Labute approximate surface area is 120 Å². The summed E-state index contributed by atoms with van der Waals surface area (Å²) in [4.78, 5) is 22.5. The monoisotopic (exact) mass is 289 g/mol. The molecule has 0 radical (unpaired) electrons. The first-order valence-corrected chi connectivity index (χ1v) is 6.14. The molecule has 2 amide bonds. The summed E-state index contributed by atoms with van der Waals surface area (Å²) in [6.45, 7) is 1.77. The van der Waals surface area contributed by atoms with E-state index in [2.05, 4.69) is 0 Å². The van der Waals surface area contributed by atoms with Crippen LogP contribution in [0.3, 0.4) is 0 Å². The lowest BCUT2D eigenvalue weighted by molar-refractivity contribution is 0.0950. The lowest BCUT2D eigenvalue weighted by atomic mass is 10.2. The van der Waals surface area contributed by atoms with Gasteiger partial charge >= 0.3 is 0 Å². The SMILES string of the molecule is Cc1oc(COc2cccc(C(N)=O)c2)cc1C(=O)NN. The van der Waals surface area contributed by atoms with Crippen molar-refractivity contribution in [2.45, 2.75) is 13.5 Å². The fourth-order valence-electron chi connectivity index (χ4n) is 1.81. The maximum absolute atomic E-state index is 11.5. The third-order valence-corrected chi connectivity index (χ3v) is 2.84. The largest absolute Gasteiger partial charge is 0.486 e. The summed E-state index contributed by atoms with van der Waals surface area (Å²) in [5.74, 6) is 5.50. The van der Waals surface area contributed by atoms with Gasteiger partial charge in [-0.25, -0.2) is 5.84 Å². The van der Waals surface area contributed by atoms with E-state index in [1.807, 2.05) is 5.43 Å². The number of nitrogens with one attached hydrogen (secondary N) is 1. The lowest BCUT2D eigenvalue weighted by Gasteiger charge is -2.05. The topological polar surface area (TPSA) is 121 Å². The molecule has 110 valence electrons. The minimum absolute atomic E-state index is 0.112. The molecule has 2 rings (SSSR count). The molecule has 0 spiro atoms. The van der Waals surface area contributed by atoms with Gasteiger partial charge in [-0.1, -0.05) is 6.07 Å². The van der Waals surface area contributed by atoms with E-state index in [1.54, 1.807) is 31.2 Å². The molecule has 0 saturated carbocycles. The van der Waals surface area contributed by atoms with Crippen molar-refractivity contribution in [2.75, 3.05) is 0 Å². The number of hydrazine groups is 1. The van der Waals surface area contributed by atoms with Crippen LogP contribution in [0.1, 0.15) is 32.2 Å². The number of primary amides is 1. The molecule has 7 nitrogen and oxygen atoms in total. The van der Waals surface area contributed by atoms with Gasteiger partial charge in [0.1, 0.15) is 23.9 Å². The molecule has 0 atom stereocenters. The number of amides is 2. The number of carbonyl (C=O) groups excluding carboxylic acids is 2. The molecule has 1 aromatic heterocycles. The normalized spacial score (nSPS) is 10.2. The molecule has 0 fully saturated rings. The Hall–Kier alpha value is -2.80. The van der Waals surface area contributed by atoms with Crippen LogP contribution in [0, 0.1) is 6.92 Å². The lowest BCUT2D eigenvalue weighted by Crippen LogP contribution is -2.30. The molecular weight excluding hydrogens is 274 g/mol. The van der Waals surface area contributed by atoms with Crippen LogP contribution < -0.4 is 21.7 Å². The molecule has 1 aromatic carbocycles. The van der Waals surface area contributed by atoms with Crippen molar-refractivity contribution in [3.8, 4) is 5.75 Å². The van der Waals surface area contributed by atoms with Crippen LogP contribution in [0.4, 0.5) is 0 Å². The molecule has 0 unspecified atom stereocenters. The van der Waals surface area contributed by atoms with Crippen molar-refractivity contribution in [1.29, 1.82) is 0 Å². The van der Waals surface area contributed by atoms with Gasteiger partial charge in [0.15, 0.2) is 0 Å².